The molecule has 0 aliphatic heterocycles. The molecule has 0 amide bonds. The van der Waals surface area contributed by atoms with Crippen molar-refractivity contribution in [2.24, 2.45) is 0 Å². The molecule has 1 aromatic carbocycles. The number of benzene rings is 1. The van der Waals surface area contributed by atoms with E-state index in [4.69, 9.17) is 11.6 Å². The van der Waals surface area contributed by atoms with Gasteiger partial charge >= 0.3 is 0 Å². The zero-order valence-corrected chi connectivity index (χ0v) is 7.67. The van der Waals surface area contributed by atoms with Gasteiger partial charge in [-0.2, -0.15) is 0 Å². The topological polar surface area (TPSA) is 25.8 Å². The quantitative estimate of drug-likeness (QED) is 0.681. The van der Waals surface area contributed by atoms with Crippen molar-refractivity contribution in [1.29, 1.82) is 0 Å². The Kier molecular flexibility index (Phi) is 2.29. The van der Waals surface area contributed by atoms with E-state index in [9.17, 15) is 8.78 Å². The summed E-state index contributed by atoms with van der Waals surface area (Å²) in [7, 11) is 0. The van der Waals surface area contributed by atoms with Gasteiger partial charge in [-0.25, -0.2) is 18.7 Å². The molecule has 0 bridgehead atoms. The third-order valence-corrected chi connectivity index (χ3v) is 2.06. The molecule has 2 nitrogen and oxygen atoms in total. The molecular weight excluding hydrogens is 210 g/mol. The number of halogens is 3. The molecule has 1 heterocycles. The lowest BCUT2D eigenvalue weighted by Gasteiger charge is -2.02. The van der Waals surface area contributed by atoms with Crippen molar-refractivity contribution in [3.8, 4) is 0 Å². The fraction of sp³-hybridized carbons (Fsp3) is 0.111. The monoisotopic (exact) mass is 214 g/mol. The molecule has 2 rings (SSSR count). The van der Waals surface area contributed by atoms with E-state index in [-0.39, 0.29) is 5.15 Å². The van der Waals surface area contributed by atoms with E-state index in [1.807, 2.05) is 0 Å². The standard InChI is InChI=1S/C9H5ClF2N2/c10-7-5-3-1-2-4-6(5)13-9(14-7)8(11)12/h1-4,8H. The maximum absolute atomic E-state index is 12.3. The van der Waals surface area contributed by atoms with Gasteiger partial charge in [0, 0.05) is 5.39 Å². The second-order valence-corrected chi connectivity index (χ2v) is 3.05. The van der Waals surface area contributed by atoms with E-state index < -0.39 is 12.2 Å². The Bertz CT molecular complexity index is 473. The van der Waals surface area contributed by atoms with Crippen molar-refractivity contribution in [2.75, 3.05) is 0 Å². The Hall–Kier alpha value is -1.29. The van der Waals surface area contributed by atoms with Crippen LogP contribution in [-0.2, 0) is 0 Å². The summed E-state index contributed by atoms with van der Waals surface area (Å²) in [5.41, 5.74) is 0.433. The van der Waals surface area contributed by atoms with Gasteiger partial charge in [0.25, 0.3) is 6.43 Å². The van der Waals surface area contributed by atoms with E-state index >= 15 is 0 Å². The van der Waals surface area contributed by atoms with Gasteiger partial charge in [-0.1, -0.05) is 23.7 Å². The predicted octanol–water partition coefficient (Wildman–Crippen LogP) is 3.22. The fourth-order valence-electron chi connectivity index (χ4n) is 1.15. The second kappa shape index (κ2) is 3.46. The van der Waals surface area contributed by atoms with Gasteiger partial charge in [-0.05, 0) is 12.1 Å². The van der Waals surface area contributed by atoms with Crippen molar-refractivity contribution in [3.05, 3.63) is 35.2 Å². The van der Waals surface area contributed by atoms with Crippen molar-refractivity contribution in [1.82, 2.24) is 9.97 Å². The van der Waals surface area contributed by atoms with E-state index in [0.29, 0.717) is 10.9 Å². The Balaban J connectivity index is 2.72. The van der Waals surface area contributed by atoms with Gasteiger partial charge in [0.2, 0.25) is 0 Å². The summed E-state index contributed by atoms with van der Waals surface area (Å²) in [5, 5.41) is 0.643. The third kappa shape index (κ3) is 1.53. The molecular formula is C9H5ClF2N2. The van der Waals surface area contributed by atoms with Crippen LogP contribution in [0.4, 0.5) is 8.78 Å². The van der Waals surface area contributed by atoms with Crippen LogP contribution in [0.1, 0.15) is 12.2 Å². The zero-order chi connectivity index (χ0) is 10.1. The van der Waals surface area contributed by atoms with Gasteiger partial charge in [0.1, 0.15) is 5.15 Å². The van der Waals surface area contributed by atoms with Crippen LogP contribution in [0.5, 0.6) is 0 Å². The largest absolute Gasteiger partial charge is 0.297 e. The highest BCUT2D eigenvalue weighted by Crippen LogP contribution is 2.23. The molecule has 0 radical (unpaired) electrons. The Morgan fingerprint density at radius 1 is 1.14 bits per heavy atom. The maximum Gasteiger partial charge on any atom is 0.297 e. The van der Waals surface area contributed by atoms with Gasteiger partial charge in [-0.3, -0.25) is 0 Å². The molecule has 0 unspecified atom stereocenters. The summed E-state index contributed by atoms with van der Waals surface area (Å²) in [4.78, 5) is 7.20. The smallest absolute Gasteiger partial charge is 0.227 e. The van der Waals surface area contributed by atoms with Crippen LogP contribution in [0.15, 0.2) is 24.3 Å². The SMILES string of the molecule is FC(F)c1nc(Cl)c2ccccc2n1. The minimum atomic E-state index is -2.70. The molecule has 0 aliphatic rings. The first kappa shape index (κ1) is 9.27. The molecule has 0 saturated carbocycles. The first-order valence-corrected chi connectivity index (χ1v) is 4.26. The minimum absolute atomic E-state index is 0.0610. The third-order valence-electron chi connectivity index (χ3n) is 1.77. The van der Waals surface area contributed by atoms with Gasteiger partial charge in [-0.15, -0.1) is 0 Å². The van der Waals surface area contributed by atoms with Crippen LogP contribution in [0, 0.1) is 0 Å². The van der Waals surface area contributed by atoms with Crippen molar-refractivity contribution >= 4 is 22.5 Å². The molecule has 1 aromatic heterocycles. The zero-order valence-electron chi connectivity index (χ0n) is 6.92. The molecule has 5 heteroatoms. The summed E-state index contributed by atoms with van der Waals surface area (Å²) in [6, 6.07) is 6.77. The van der Waals surface area contributed by atoms with Crippen molar-refractivity contribution in [3.63, 3.8) is 0 Å². The second-order valence-electron chi connectivity index (χ2n) is 2.69. The van der Waals surface area contributed by atoms with Crippen LogP contribution >= 0.6 is 11.6 Å². The number of alkyl halides is 2. The number of aromatic nitrogens is 2. The summed E-state index contributed by atoms with van der Waals surface area (Å²) < 4.78 is 24.6. The highest BCUT2D eigenvalue weighted by molar-refractivity contribution is 6.34. The fourth-order valence-corrected chi connectivity index (χ4v) is 1.40. The lowest BCUT2D eigenvalue weighted by molar-refractivity contribution is 0.141. The lowest BCUT2D eigenvalue weighted by Crippen LogP contribution is -1.96. The van der Waals surface area contributed by atoms with Crippen LogP contribution in [0.25, 0.3) is 10.9 Å². The molecule has 0 atom stereocenters. The van der Waals surface area contributed by atoms with Gasteiger partial charge in [0.15, 0.2) is 5.82 Å². The highest BCUT2D eigenvalue weighted by atomic mass is 35.5. The number of hydrogen-bond acceptors (Lipinski definition) is 2. The minimum Gasteiger partial charge on any atom is -0.227 e. The Labute approximate surface area is 83.6 Å². The van der Waals surface area contributed by atoms with E-state index in [1.165, 1.54) is 0 Å². The van der Waals surface area contributed by atoms with Crippen LogP contribution in [0.2, 0.25) is 5.15 Å². The average Bonchev–Trinajstić information content (AvgIpc) is 2.17. The van der Waals surface area contributed by atoms with E-state index in [0.717, 1.165) is 0 Å². The summed E-state index contributed by atoms with van der Waals surface area (Å²) >= 11 is 5.72. The predicted molar refractivity (Wildman–Crippen MR) is 49.5 cm³/mol. The number of hydrogen-bond donors (Lipinski definition) is 0. The molecule has 0 aliphatic carbocycles. The van der Waals surface area contributed by atoms with Crippen molar-refractivity contribution < 1.29 is 8.78 Å². The first-order valence-electron chi connectivity index (χ1n) is 3.89. The van der Waals surface area contributed by atoms with E-state index in [1.54, 1.807) is 24.3 Å². The van der Waals surface area contributed by atoms with Crippen LogP contribution in [-0.4, -0.2) is 9.97 Å². The molecule has 14 heavy (non-hydrogen) atoms. The van der Waals surface area contributed by atoms with Crippen LogP contribution < -0.4 is 0 Å². The maximum atomic E-state index is 12.3. The Morgan fingerprint density at radius 2 is 1.86 bits per heavy atom. The number of para-hydroxylation sites is 1. The molecule has 72 valence electrons. The molecule has 0 N–H and O–H groups in total. The van der Waals surface area contributed by atoms with Crippen LogP contribution in [0.3, 0.4) is 0 Å². The highest BCUT2D eigenvalue weighted by Gasteiger charge is 2.13. The van der Waals surface area contributed by atoms with Crippen molar-refractivity contribution in [2.45, 2.75) is 6.43 Å². The molecule has 0 fully saturated rings. The van der Waals surface area contributed by atoms with Gasteiger partial charge < -0.3 is 0 Å². The summed E-state index contributed by atoms with van der Waals surface area (Å²) in [6.07, 6.45) is -2.70. The number of rotatable bonds is 1. The van der Waals surface area contributed by atoms with E-state index in [2.05, 4.69) is 9.97 Å². The summed E-state index contributed by atoms with van der Waals surface area (Å²) in [6.45, 7) is 0. The summed E-state index contributed by atoms with van der Waals surface area (Å²) in [5.74, 6) is -0.534. The lowest BCUT2D eigenvalue weighted by atomic mass is 10.2. The number of nitrogens with zero attached hydrogens (tertiary/aromatic N) is 2. The molecule has 2 aromatic rings. The first-order chi connectivity index (χ1) is 6.68. The normalized spacial score (nSPS) is 11.1. The van der Waals surface area contributed by atoms with Gasteiger partial charge in [0.05, 0.1) is 5.52 Å². The Morgan fingerprint density at radius 3 is 2.57 bits per heavy atom. The number of fused-ring (bicyclic) bond motifs is 1. The molecule has 0 spiro atoms. The molecule has 0 saturated heterocycles. The average molecular weight is 215 g/mol.